The molecule has 0 aliphatic carbocycles. The Bertz CT molecular complexity index is 1690. The molecule has 178 valence electrons. The lowest BCUT2D eigenvalue weighted by Crippen LogP contribution is -1.99. The van der Waals surface area contributed by atoms with Crippen LogP contribution in [-0.2, 0) is 0 Å². The van der Waals surface area contributed by atoms with Gasteiger partial charge in [0.25, 0.3) is 0 Å². The van der Waals surface area contributed by atoms with Crippen LogP contribution in [0, 0.1) is 0 Å². The molecule has 6 aromatic rings. The first-order valence-electron chi connectivity index (χ1n) is 10.9. The summed E-state index contributed by atoms with van der Waals surface area (Å²) in [6.45, 7) is 0. The maximum absolute atomic E-state index is 3.61. The Hall–Kier alpha value is -2.13. The zero-order chi connectivity index (χ0) is 23.4. The average molecular weight is 623 g/mol. The zero-order valence-electron chi connectivity index (χ0n) is 18.1. The fourth-order valence-corrected chi connectivity index (χ4v) is 9.71. The third-order valence-electron chi connectivity index (χ3n) is 5.76. The SMILES string of the molecule is Brc1ccc(-c2ccc(-c3ccc(-c4ccc(-c5ccc6c(c5)Nc5ccccc5S6)s4)s3)s2)s1.C. The summed E-state index contributed by atoms with van der Waals surface area (Å²) in [5, 5.41) is 3.61. The molecule has 0 saturated carbocycles. The van der Waals surface area contributed by atoms with Crippen LogP contribution in [0.5, 0.6) is 0 Å². The predicted octanol–water partition coefficient (Wildman–Crippen LogP) is 12.2. The number of hydrogen-bond donors (Lipinski definition) is 1. The van der Waals surface area contributed by atoms with Crippen molar-refractivity contribution in [3.05, 3.63) is 94.8 Å². The number of hydrogen-bond acceptors (Lipinski definition) is 6. The van der Waals surface area contributed by atoms with Crippen LogP contribution >= 0.6 is 73.0 Å². The molecule has 5 heterocycles. The lowest BCUT2D eigenvalue weighted by atomic mass is 10.1. The second-order valence-corrected chi connectivity index (χ2v) is 14.8. The minimum atomic E-state index is 0. The molecule has 0 amide bonds. The van der Waals surface area contributed by atoms with Crippen molar-refractivity contribution in [2.45, 2.75) is 17.2 Å². The van der Waals surface area contributed by atoms with Crippen LogP contribution in [0.2, 0.25) is 0 Å². The van der Waals surface area contributed by atoms with Gasteiger partial charge in [-0.2, -0.15) is 0 Å². The summed E-state index contributed by atoms with van der Waals surface area (Å²) in [7, 11) is 0. The number of thiophene rings is 4. The number of benzene rings is 2. The molecule has 2 aromatic carbocycles. The van der Waals surface area contributed by atoms with E-state index >= 15 is 0 Å². The van der Waals surface area contributed by atoms with Gasteiger partial charge in [0.05, 0.1) is 15.2 Å². The standard InChI is InChI=1S/C28H16BrNS5.CH4/c29-28-14-13-27(35-28)26-12-11-25(34-26)24-10-9-23(33-24)22-8-7-19(31-22)16-5-6-21-18(15-16)30-17-3-1-2-4-20(17)32-21;/h1-15,30H;1H4. The fraction of sp³-hybridized carbons (Fsp3) is 0.0345. The number of halogens is 1. The van der Waals surface area contributed by atoms with Crippen molar-refractivity contribution in [3.63, 3.8) is 0 Å². The number of rotatable bonds is 4. The van der Waals surface area contributed by atoms with E-state index in [1.54, 1.807) is 11.3 Å². The molecule has 1 N–H and O–H groups in total. The molecule has 0 unspecified atom stereocenters. The Morgan fingerprint density at radius 3 is 1.67 bits per heavy atom. The van der Waals surface area contributed by atoms with Gasteiger partial charge >= 0.3 is 0 Å². The largest absolute Gasteiger partial charge is 0.354 e. The van der Waals surface area contributed by atoms with Gasteiger partial charge in [0.2, 0.25) is 0 Å². The molecular formula is C29H20BrNS5. The van der Waals surface area contributed by atoms with Gasteiger partial charge in [-0.3, -0.25) is 0 Å². The molecule has 1 nitrogen and oxygen atoms in total. The van der Waals surface area contributed by atoms with Gasteiger partial charge in [0, 0.05) is 43.9 Å². The van der Waals surface area contributed by atoms with Gasteiger partial charge < -0.3 is 5.32 Å². The van der Waals surface area contributed by atoms with E-state index in [0.717, 1.165) is 0 Å². The summed E-state index contributed by atoms with van der Waals surface area (Å²) in [6, 6.07) is 33.1. The van der Waals surface area contributed by atoms with Gasteiger partial charge in [-0.05, 0) is 94.3 Å². The lowest BCUT2D eigenvalue weighted by molar-refractivity contribution is 1.32. The monoisotopic (exact) mass is 621 g/mol. The van der Waals surface area contributed by atoms with Gasteiger partial charge in [0.1, 0.15) is 0 Å². The Morgan fingerprint density at radius 1 is 0.500 bits per heavy atom. The van der Waals surface area contributed by atoms with E-state index in [1.165, 1.54) is 64.7 Å². The molecule has 0 radical (unpaired) electrons. The minimum Gasteiger partial charge on any atom is -0.354 e. The lowest BCUT2D eigenvalue weighted by Gasteiger charge is -2.21. The zero-order valence-corrected chi connectivity index (χ0v) is 23.7. The molecule has 1 aliphatic rings. The highest BCUT2D eigenvalue weighted by Crippen LogP contribution is 2.47. The third kappa shape index (κ3) is 4.53. The summed E-state index contributed by atoms with van der Waals surface area (Å²) in [6.07, 6.45) is 0. The second-order valence-electron chi connectivity index (χ2n) is 8.03. The number of para-hydroxylation sites is 1. The van der Waals surface area contributed by atoms with E-state index in [9.17, 15) is 0 Å². The van der Waals surface area contributed by atoms with Crippen LogP contribution in [0.4, 0.5) is 11.4 Å². The number of nitrogens with one attached hydrogen (secondary N) is 1. The van der Waals surface area contributed by atoms with E-state index in [0.29, 0.717) is 0 Å². The van der Waals surface area contributed by atoms with Crippen molar-refractivity contribution < 1.29 is 0 Å². The normalized spacial score (nSPS) is 11.9. The topological polar surface area (TPSA) is 12.0 Å². The van der Waals surface area contributed by atoms with Gasteiger partial charge in [-0.1, -0.05) is 37.4 Å². The van der Waals surface area contributed by atoms with Crippen molar-refractivity contribution in [1.29, 1.82) is 0 Å². The molecule has 0 atom stereocenters. The van der Waals surface area contributed by atoms with Crippen LogP contribution in [0.1, 0.15) is 7.43 Å². The molecular weight excluding hydrogens is 603 g/mol. The Labute approximate surface area is 239 Å². The van der Waals surface area contributed by atoms with Gasteiger partial charge in [0.15, 0.2) is 0 Å². The van der Waals surface area contributed by atoms with Crippen molar-refractivity contribution in [2.75, 3.05) is 5.32 Å². The molecule has 7 heteroatoms. The van der Waals surface area contributed by atoms with Crippen molar-refractivity contribution >= 4 is 84.4 Å². The van der Waals surface area contributed by atoms with Gasteiger partial charge in [-0.15, -0.1) is 45.3 Å². The summed E-state index contributed by atoms with van der Waals surface area (Å²) in [5.41, 5.74) is 3.63. The smallest absolute Gasteiger partial charge is 0.0705 e. The number of fused-ring (bicyclic) bond motifs is 2. The van der Waals surface area contributed by atoms with E-state index in [1.807, 2.05) is 45.8 Å². The van der Waals surface area contributed by atoms with E-state index in [2.05, 4.69) is 112 Å². The molecule has 36 heavy (non-hydrogen) atoms. The van der Waals surface area contributed by atoms with Crippen LogP contribution in [0.25, 0.3) is 39.7 Å². The first-order chi connectivity index (χ1) is 17.2. The van der Waals surface area contributed by atoms with Crippen molar-refractivity contribution in [3.8, 4) is 39.7 Å². The highest BCUT2D eigenvalue weighted by atomic mass is 79.9. The quantitative estimate of drug-likeness (QED) is 0.210. The molecule has 1 aliphatic heterocycles. The maximum atomic E-state index is 3.61. The Balaban J connectivity index is 0.00000240. The van der Waals surface area contributed by atoms with E-state index in [4.69, 9.17) is 0 Å². The van der Waals surface area contributed by atoms with Crippen LogP contribution in [-0.4, -0.2) is 0 Å². The molecule has 7 rings (SSSR count). The van der Waals surface area contributed by atoms with Crippen molar-refractivity contribution in [1.82, 2.24) is 0 Å². The average Bonchev–Trinajstić information content (AvgIpc) is 3.68. The summed E-state index contributed by atoms with van der Waals surface area (Å²) < 4.78 is 1.17. The summed E-state index contributed by atoms with van der Waals surface area (Å²) >= 11 is 12.8. The highest BCUT2D eigenvalue weighted by Gasteiger charge is 2.17. The first kappa shape index (κ1) is 24.2. The fourth-order valence-electron chi connectivity index (χ4n) is 4.07. The highest BCUT2D eigenvalue weighted by molar-refractivity contribution is 9.11. The van der Waals surface area contributed by atoms with E-state index in [-0.39, 0.29) is 7.43 Å². The van der Waals surface area contributed by atoms with Crippen molar-refractivity contribution in [2.24, 2.45) is 0 Å². The molecule has 0 saturated heterocycles. The van der Waals surface area contributed by atoms with Crippen LogP contribution < -0.4 is 5.32 Å². The second kappa shape index (κ2) is 9.97. The van der Waals surface area contributed by atoms with Crippen LogP contribution in [0.15, 0.2) is 105 Å². The Morgan fingerprint density at radius 2 is 1.03 bits per heavy atom. The van der Waals surface area contributed by atoms with Crippen LogP contribution in [0.3, 0.4) is 0 Å². The summed E-state index contributed by atoms with van der Waals surface area (Å²) in [5.74, 6) is 0. The molecule has 0 fully saturated rings. The maximum Gasteiger partial charge on any atom is 0.0705 e. The molecule has 0 spiro atoms. The predicted molar refractivity (Wildman–Crippen MR) is 168 cm³/mol. The molecule has 0 bridgehead atoms. The molecule has 4 aromatic heterocycles. The minimum absolute atomic E-state index is 0. The Kier molecular flexibility index (Phi) is 6.71. The van der Waals surface area contributed by atoms with E-state index < -0.39 is 0 Å². The number of anilines is 2. The first-order valence-corrected chi connectivity index (χ1v) is 15.8. The van der Waals surface area contributed by atoms with Gasteiger partial charge in [-0.25, -0.2) is 0 Å². The third-order valence-corrected chi connectivity index (χ3v) is 12.4. The summed E-state index contributed by atoms with van der Waals surface area (Å²) in [4.78, 5) is 11.8.